The fourth-order valence-corrected chi connectivity index (χ4v) is 4.14. The molecule has 0 bridgehead atoms. The van der Waals surface area contributed by atoms with Crippen LogP contribution in [-0.2, 0) is 19.3 Å². The van der Waals surface area contributed by atoms with Crippen molar-refractivity contribution in [2.75, 3.05) is 6.54 Å². The van der Waals surface area contributed by atoms with Gasteiger partial charge >= 0.3 is 0 Å². The quantitative estimate of drug-likeness (QED) is 0.444. The summed E-state index contributed by atoms with van der Waals surface area (Å²) in [6.45, 7) is 3.21. The second-order valence-electron chi connectivity index (χ2n) is 7.81. The minimum Gasteiger partial charge on any atom is -0.313 e. The van der Waals surface area contributed by atoms with Crippen LogP contribution in [0.25, 0.3) is 0 Å². The Hall–Kier alpha value is -1.93. The van der Waals surface area contributed by atoms with Gasteiger partial charge in [0.2, 0.25) is 0 Å². The van der Waals surface area contributed by atoms with E-state index >= 15 is 0 Å². The number of fused-ring (bicyclic) bond motifs is 1. The van der Waals surface area contributed by atoms with Crippen molar-refractivity contribution >= 4 is 5.78 Å². The predicted molar refractivity (Wildman–Crippen MR) is 113 cm³/mol. The molecule has 0 radical (unpaired) electrons. The summed E-state index contributed by atoms with van der Waals surface area (Å²) in [5.74, 6) is 0.341. The second kappa shape index (κ2) is 10.4. The number of carbonyl (C=O) groups excluding carboxylic acids is 1. The van der Waals surface area contributed by atoms with E-state index in [0.29, 0.717) is 18.2 Å². The average molecular weight is 364 g/mol. The first kappa shape index (κ1) is 19.8. The molecule has 0 aromatic heterocycles. The molecule has 0 saturated carbocycles. The topological polar surface area (TPSA) is 29.1 Å². The number of nitrogens with one attached hydrogen (secondary N) is 1. The lowest BCUT2D eigenvalue weighted by Gasteiger charge is -2.27. The van der Waals surface area contributed by atoms with Crippen molar-refractivity contribution in [1.29, 1.82) is 0 Å². The van der Waals surface area contributed by atoms with Crippen LogP contribution in [-0.4, -0.2) is 18.4 Å². The highest BCUT2D eigenvalue weighted by Crippen LogP contribution is 2.26. The standard InChI is InChI=1S/C25H33NO/c1-2-3-4-8-14-25(27)23-13-9-12-21-15-16-22(19-24(21)23)26-18-17-20-10-6-5-7-11-20/h5-7,9-13,22,26H,2-4,8,14-19H2,1H3. The van der Waals surface area contributed by atoms with E-state index in [9.17, 15) is 4.79 Å². The first-order valence-electron chi connectivity index (χ1n) is 10.7. The van der Waals surface area contributed by atoms with Crippen LogP contribution in [0.1, 0.15) is 72.5 Å². The molecule has 0 saturated heterocycles. The number of carbonyl (C=O) groups is 1. The third-order valence-corrected chi connectivity index (χ3v) is 5.73. The molecule has 1 N–H and O–H groups in total. The van der Waals surface area contributed by atoms with Gasteiger partial charge < -0.3 is 5.32 Å². The molecule has 0 heterocycles. The fourth-order valence-electron chi connectivity index (χ4n) is 4.14. The number of hydrogen-bond donors (Lipinski definition) is 1. The number of aryl methyl sites for hydroxylation is 1. The largest absolute Gasteiger partial charge is 0.313 e. The maximum Gasteiger partial charge on any atom is 0.163 e. The summed E-state index contributed by atoms with van der Waals surface area (Å²) >= 11 is 0. The predicted octanol–water partition coefficient (Wildman–Crippen LogP) is 5.53. The van der Waals surface area contributed by atoms with Gasteiger partial charge in [0.15, 0.2) is 5.78 Å². The minimum atomic E-state index is 0.341. The van der Waals surface area contributed by atoms with Crippen LogP contribution >= 0.6 is 0 Å². The molecule has 0 aliphatic heterocycles. The maximum atomic E-state index is 12.8. The highest BCUT2D eigenvalue weighted by Gasteiger charge is 2.22. The zero-order valence-corrected chi connectivity index (χ0v) is 16.7. The van der Waals surface area contributed by atoms with E-state index in [1.54, 1.807) is 0 Å². The Morgan fingerprint density at radius 2 is 1.89 bits per heavy atom. The summed E-state index contributed by atoms with van der Waals surface area (Å²) < 4.78 is 0. The molecule has 2 nitrogen and oxygen atoms in total. The van der Waals surface area contributed by atoms with E-state index in [1.807, 2.05) is 6.07 Å². The average Bonchev–Trinajstić information content (AvgIpc) is 2.71. The maximum absolute atomic E-state index is 12.8. The first-order valence-corrected chi connectivity index (χ1v) is 10.7. The van der Waals surface area contributed by atoms with Gasteiger partial charge in [-0.3, -0.25) is 4.79 Å². The molecule has 0 spiro atoms. The van der Waals surface area contributed by atoms with Gasteiger partial charge in [-0.1, -0.05) is 74.7 Å². The Morgan fingerprint density at radius 3 is 2.70 bits per heavy atom. The number of Topliss-reactive ketones (excluding diaryl/α,β-unsaturated/α-hetero) is 1. The molecule has 2 aromatic rings. The van der Waals surface area contributed by atoms with Gasteiger partial charge in [0.1, 0.15) is 0 Å². The number of benzene rings is 2. The van der Waals surface area contributed by atoms with Gasteiger partial charge in [0.05, 0.1) is 0 Å². The molecule has 3 rings (SSSR count). The van der Waals surface area contributed by atoms with Crippen LogP contribution in [0.2, 0.25) is 0 Å². The molecule has 144 valence electrons. The van der Waals surface area contributed by atoms with Crippen molar-refractivity contribution in [3.8, 4) is 0 Å². The van der Waals surface area contributed by atoms with Gasteiger partial charge in [0, 0.05) is 18.0 Å². The van der Waals surface area contributed by atoms with Crippen molar-refractivity contribution < 1.29 is 4.79 Å². The number of unbranched alkanes of at least 4 members (excludes halogenated alkanes) is 3. The molecule has 1 aliphatic carbocycles. The molecule has 1 aliphatic rings. The Kier molecular flexibility index (Phi) is 7.65. The first-order chi connectivity index (χ1) is 13.3. The molecule has 0 amide bonds. The van der Waals surface area contributed by atoms with E-state index in [0.717, 1.165) is 44.2 Å². The second-order valence-corrected chi connectivity index (χ2v) is 7.81. The third kappa shape index (κ3) is 5.77. The lowest BCUT2D eigenvalue weighted by Crippen LogP contribution is -2.36. The Balaban J connectivity index is 1.56. The van der Waals surface area contributed by atoms with E-state index < -0.39 is 0 Å². The summed E-state index contributed by atoms with van der Waals surface area (Å²) in [4.78, 5) is 12.8. The Morgan fingerprint density at radius 1 is 1.04 bits per heavy atom. The van der Waals surface area contributed by atoms with E-state index in [1.165, 1.54) is 36.0 Å². The van der Waals surface area contributed by atoms with Crippen LogP contribution in [0.5, 0.6) is 0 Å². The normalized spacial score (nSPS) is 16.1. The molecule has 1 unspecified atom stereocenters. The lowest BCUT2D eigenvalue weighted by atomic mass is 9.83. The zero-order chi connectivity index (χ0) is 18.9. The van der Waals surface area contributed by atoms with Crippen LogP contribution in [0.4, 0.5) is 0 Å². The fraction of sp³-hybridized carbons (Fsp3) is 0.480. The summed E-state index contributed by atoms with van der Waals surface area (Å²) in [7, 11) is 0. The SMILES string of the molecule is CCCCCCC(=O)c1cccc2c1CC(NCCc1ccccc1)CC2. The third-order valence-electron chi connectivity index (χ3n) is 5.73. The summed E-state index contributed by atoms with van der Waals surface area (Å²) in [5.41, 5.74) is 5.06. The number of rotatable bonds is 10. The smallest absolute Gasteiger partial charge is 0.163 e. The van der Waals surface area contributed by atoms with E-state index in [-0.39, 0.29) is 0 Å². The summed E-state index contributed by atoms with van der Waals surface area (Å²) in [6.07, 6.45) is 9.62. The number of ketones is 1. The molecule has 0 fully saturated rings. The molecular formula is C25H33NO. The summed E-state index contributed by atoms with van der Waals surface area (Å²) in [5, 5.41) is 3.73. The van der Waals surface area contributed by atoms with Crippen LogP contribution < -0.4 is 5.32 Å². The van der Waals surface area contributed by atoms with Crippen molar-refractivity contribution in [3.05, 3.63) is 70.8 Å². The molecule has 2 aromatic carbocycles. The summed E-state index contributed by atoms with van der Waals surface area (Å²) in [6, 6.07) is 17.5. The highest BCUT2D eigenvalue weighted by molar-refractivity contribution is 5.97. The minimum absolute atomic E-state index is 0.341. The molecule has 1 atom stereocenters. The van der Waals surface area contributed by atoms with E-state index in [4.69, 9.17) is 0 Å². The lowest BCUT2D eigenvalue weighted by molar-refractivity contribution is 0.0977. The van der Waals surface area contributed by atoms with Gasteiger partial charge in [-0.05, 0) is 55.3 Å². The van der Waals surface area contributed by atoms with Crippen LogP contribution in [0.3, 0.4) is 0 Å². The van der Waals surface area contributed by atoms with Crippen molar-refractivity contribution in [3.63, 3.8) is 0 Å². The highest BCUT2D eigenvalue weighted by atomic mass is 16.1. The van der Waals surface area contributed by atoms with Crippen LogP contribution in [0, 0.1) is 0 Å². The Labute approximate surface area is 164 Å². The molecule has 2 heteroatoms. The Bertz CT molecular complexity index is 722. The zero-order valence-electron chi connectivity index (χ0n) is 16.7. The van der Waals surface area contributed by atoms with Crippen molar-refractivity contribution in [2.45, 2.75) is 70.8 Å². The van der Waals surface area contributed by atoms with Gasteiger partial charge in [-0.2, -0.15) is 0 Å². The van der Waals surface area contributed by atoms with Gasteiger partial charge in [0.25, 0.3) is 0 Å². The molecular weight excluding hydrogens is 330 g/mol. The molecule has 27 heavy (non-hydrogen) atoms. The van der Waals surface area contributed by atoms with Gasteiger partial charge in [-0.25, -0.2) is 0 Å². The van der Waals surface area contributed by atoms with E-state index in [2.05, 4.69) is 54.7 Å². The van der Waals surface area contributed by atoms with Crippen LogP contribution in [0.15, 0.2) is 48.5 Å². The number of hydrogen-bond acceptors (Lipinski definition) is 2. The van der Waals surface area contributed by atoms with Crippen molar-refractivity contribution in [1.82, 2.24) is 5.32 Å². The van der Waals surface area contributed by atoms with Crippen molar-refractivity contribution in [2.24, 2.45) is 0 Å². The van der Waals surface area contributed by atoms with Gasteiger partial charge in [-0.15, -0.1) is 0 Å². The monoisotopic (exact) mass is 363 g/mol.